The SMILES string of the molecule is Nc1ccccc1C(=O)C1C=CC(Cl)CC1. The van der Waals surface area contributed by atoms with Gasteiger partial charge in [-0.2, -0.15) is 0 Å². The zero-order valence-corrected chi connectivity index (χ0v) is 9.65. The first-order valence-corrected chi connectivity index (χ1v) is 5.83. The zero-order chi connectivity index (χ0) is 11.5. The van der Waals surface area contributed by atoms with E-state index in [2.05, 4.69) is 0 Å². The summed E-state index contributed by atoms with van der Waals surface area (Å²) in [7, 11) is 0. The van der Waals surface area contributed by atoms with Crippen LogP contribution in [0.5, 0.6) is 0 Å². The first-order chi connectivity index (χ1) is 7.68. The zero-order valence-electron chi connectivity index (χ0n) is 8.90. The number of Topliss-reactive ketones (excluding diaryl/α,β-unsaturated/α-hetero) is 1. The number of nitrogen functional groups attached to an aromatic ring is 1. The molecule has 1 aliphatic carbocycles. The number of hydrogen-bond acceptors (Lipinski definition) is 2. The second-order valence-electron chi connectivity index (χ2n) is 4.04. The summed E-state index contributed by atoms with van der Waals surface area (Å²) in [4.78, 5) is 12.2. The minimum absolute atomic E-state index is 0.0668. The molecule has 0 amide bonds. The van der Waals surface area contributed by atoms with E-state index in [4.69, 9.17) is 17.3 Å². The number of carbonyl (C=O) groups excluding carboxylic acids is 1. The number of hydrogen-bond donors (Lipinski definition) is 1. The predicted octanol–water partition coefficient (Wildman–Crippen LogP) is 3.03. The van der Waals surface area contributed by atoms with E-state index < -0.39 is 0 Å². The third-order valence-corrected chi connectivity index (χ3v) is 3.23. The Morgan fingerprint density at radius 1 is 1.25 bits per heavy atom. The largest absolute Gasteiger partial charge is 0.398 e. The summed E-state index contributed by atoms with van der Waals surface area (Å²) in [5, 5.41) is 0.0668. The highest BCUT2D eigenvalue weighted by atomic mass is 35.5. The van der Waals surface area contributed by atoms with Crippen molar-refractivity contribution >= 4 is 23.1 Å². The highest BCUT2D eigenvalue weighted by Gasteiger charge is 2.22. The van der Waals surface area contributed by atoms with E-state index in [0.717, 1.165) is 12.8 Å². The fraction of sp³-hybridized carbons (Fsp3) is 0.308. The summed E-state index contributed by atoms with van der Waals surface area (Å²) in [6, 6.07) is 7.19. The number of allylic oxidation sites excluding steroid dienone is 2. The normalized spacial score (nSPS) is 24.3. The minimum Gasteiger partial charge on any atom is -0.398 e. The minimum atomic E-state index is -0.0697. The third-order valence-electron chi connectivity index (χ3n) is 2.87. The van der Waals surface area contributed by atoms with E-state index in [1.807, 2.05) is 24.3 Å². The molecule has 0 radical (unpaired) electrons. The Balaban J connectivity index is 2.20. The maximum atomic E-state index is 12.2. The quantitative estimate of drug-likeness (QED) is 0.371. The van der Waals surface area contributed by atoms with E-state index in [9.17, 15) is 4.79 Å². The van der Waals surface area contributed by atoms with Crippen molar-refractivity contribution in [1.29, 1.82) is 0 Å². The standard InChI is InChI=1S/C13H14ClNO/c14-10-7-5-9(6-8-10)13(16)11-3-1-2-4-12(11)15/h1-5,7,9-10H,6,8,15H2. The highest BCUT2D eigenvalue weighted by molar-refractivity contribution is 6.22. The molecule has 0 saturated heterocycles. The molecule has 0 aromatic heterocycles. The van der Waals surface area contributed by atoms with Crippen molar-refractivity contribution in [2.45, 2.75) is 18.2 Å². The van der Waals surface area contributed by atoms with Crippen molar-refractivity contribution in [3.05, 3.63) is 42.0 Å². The van der Waals surface area contributed by atoms with E-state index in [0.29, 0.717) is 11.3 Å². The van der Waals surface area contributed by atoms with Gasteiger partial charge in [-0.05, 0) is 25.0 Å². The number of carbonyl (C=O) groups is 1. The molecule has 0 heterocycles. The van der Waals surface area contributed by atoms with Crippen LogP contribution in [-0.2, 0) is 0 Å². The molecule has 0 aliphatic heterocycles. The lowest BCUT2D eigenvalue weighted by molar-refractivity contribution is 0.0938. The van der Waals surface area contributed by atoms with Crippen LogP contribution in [0.2, 0.25) is 0 Å². The smallest absolute Gasteiger partial charge is 0.171 e. The van der Waals surface area contributed by atoms with Gasteiger partial charge in [-0.3, -0.25) is 4.79 Å². The number of rotatable bonds is 2. The number of alkyl halides is 1. The van der Waals surface area contributed by atoms with E-state index >= 15 is 0 Å². The molecule has 84 valence electrons. The van der Waals surface area contributed by atoms with Crippen molar-refractivity contribution in [2.75, 3.05) is 5.73 Å². The number of halogens is 1. The molecule has 2 rings (SSSR count). The second-order valence-corrected chi connectivity index (χ2v) is 4.60. The van der Waals surface area contributed by atoms with Crippen LogP contribution in [0.15, 0.2) is 36.4 Å². The Morgan fingerprint density at radius 3 is 2.62 bits per heavy atom. The number of benzene rings is 1. The Bertz CT molecular complexity index is 428. The van der Waals surface area contributed by atoms with Gasteiger partial charge in [-0.25, -0.2) is 0 Å². The molecule has 2 N–H and O–H groups in total. The molecule has 16 heavy (non-hydrogen) atoms. The maximum Gasteiger partial charge on any atom is 0.171 e. The van der Waals surface area contributed by atoms with Gasteiger partial charge in [0.25, 0.3) is 0 Å². The van der Waals surface area contributed by atoms with E-state index in [1.54, 1.807) is 12.1 Å². The van der Waals surface area contributed by atoms with Crippen LogP contribution in [-0.4, -0.2) is 11.2 Å². The van der Waals surface area contributed by atoms with Crippen molar-refractivity contribution in [1.82, 2.24) is 0 Å². The van der Waals surface area contributed by atoms with Crippen LogP contribution in [0, 0.1) is 5.92 Å². The lowest BCUT2D eigenvalue weighted by Gasteiger charge is -2.18. The maximum absolute atomic E-state index is 12.2. The van der Waals surface area contributed by atoms with Gasteiger partial charge < -0.3 is 5.73 Å². The summed E-state index contributed by atoms with van der Waals surface area (Å²) < 4.78 is 0. The summed E-state index contributed by atoms with van der Waals surface area (Å²) in [5.41, 5.74) is 6.95. The fourth-order valence-electron chi connectivity index (χ4n) is 1.93. The summed E-state index contributed by atoms with van der Waals surface area (Å²) >= 11 is 5.94. The van der Waals surface area contributed by atoms with E-state index in [1.165, 1.54) is 0 Å². The topological polar surface area (TPSA) is 43.1 Å². The molecule has 0 spiro atoms. The van der Waals surface area contributed by atoms with Gasteiger partial charge in [0, 0.05) is 17.2 Å². The van der Waals surface area contributed by atoms with Gasteiger partial charge in [-0.15, -0.1) is 11.6 Å². The molecule has 1 aromatic carbocycles. The van der Waals surface area contributed by atoms with Crippen LogP contribution in [0.4, 0.5) is 5.69 Å². The first-order valence-electron chi connectivity index (χ1n) is 5.39. The van der Waals surface area contributed by atoms with Crippen LogP contribution in [0.3, 0.4) is 0 Å². The summed E-state index contributed by atoms with van der Waals surface area (Å²) in [6.07, 6.45) is 5.45. The van der Waals surface area contributed by atoms with Crippen molar-refractivity contribution in [2.24, 2.45) is 5.92 Å². The lowest BCUT2D eigenvalue weighted by atomic mass is 9.88. The molecule has 0 fully saturated rings. The van der Waals surface area contributed by atoms with Gasteiger partial charge in [-0.1, -0.05) is 24.3 Å². The second kappa shape index (κ2) is 4.71. The van der Waals surface area contributed by atoms with Gasteiger partial charge in [0.05, 0.1) is 5.38 Å². The van der Waals surface area contributed by atoms with Crippen molar-refractivity contribution in [3.63, 3.8) is 0 Å². The molecular formula is C13H14ClNO. The summed E-state index contributed by atoms with van der Waals surface area (Å²) in [5.74, 6) is 0.0256. The molecular weight excluding hydrogens is 222 g/mol. The van der Waals surface area contributed by atoms with Crippen LogP contribution < -0.4 is 5.73 Å². The van der Waals surface area contributed by atoms with Crippen LogP contribution in [0.25, 0.3) is 0 Å². The number of nitrogens with two attached hydrogens (primary N) is 1. The highest BCUT2D eigenvalue weighted by Crippen LogP contribution is 2.26. The Hall–Kier alpha value is -1.28. The molecule has 2 atom stereocenters. The number of para-hydroxylation sites is 1. The fourth-order valence-corrected chi connectivity index (χ4v) is 2.14. The lowest BCUT2D eigenvalue weighted by Crippen LogP contribution is -2.18. The van der Waals surface area contributed by atoms with Crippen LogP contribution in [0.1, 0.15) is 23.2 Å². The molecule has 0 saturated carbocycles. The van der Waals surface area contributed by atoms with Crippen LogP contribution >= 0.6 is 11.6 Å². The van der Waals surface area contributed by atoms with E-state index in [-0.39, 0.29) is 17.1 Å². The van der Waals surface area contributed by atoms with Gasteiger partial charge >= 0.3 is 0 Å². The van der Waals surface area contributed by atoms with Crippen molar-refractivity contribution < 1.29 is 4.79 Å². The Labute approximate surface area is 100 Å². The number of anilines is 1. The monoisotopic (exact) mass is 235 g/mol. The molecule has 1 aromatic rings. The van der Waals surface area contributed by atoms with Gasteiger partial charge in [0.2, 0.25) is 0 Å². The average molecular weight is 236 g/mol. The molecule has 2 unspecified atom stereocenters. The third kappa shape index (κ3) is 2.27. The Kier molecular flexibility index (Phi) is 3.30. The predicted molar refractivity (Wildman–Crippen MR) is 66.7 cm³/mol. The van der Waals surface area contributed by atoms with Crippen molar-refractivity contribution in [3.8, 4) is 0 Å². The molecule has 2 nitrogen and oxygen atoms in total. The van der Waals surface area contributed by atoms with Gasteiger partial charge in [0.1, 0.15) is 0 Å². The molecule has 0 bridgehead atoms. The summed E-state index contributed by atoms with van der Waals surface area (Å²) in [6.45, 7) is 0. The average Bonchev–Trinajstić information content (AvgIpc) is 2.30. The number of ketones is 1. The first kappa shape index (κ1) is 11.2. The van der Waals surface area contributed by atoms with Gasteiger partial charge in [0.15, 0.2) is 5.78 Å². The Morgan fingerprint density at radius 2 is 2.00 bits per heavy atom. The molecule has 3 heteroatoms. The molecule has 1 aliphatic rings.